The van der Waals surface area contributed by atoms with Crippen molar-refractivity contribution in [3.8, 4) is 11.5 Å². The molecule has 0 bridgehead atoms. The highest BCUT2D eigenvalue weighted by Gasteiger charge is 2.18. The maximum Gasteiger partial charge on any atom is 0.231 e. The third-order valence-electron chi connectivity index (χ3n) is 4.08. The van der Waals surface area contributed by atoms with Crippen molar-refractivity contribution < 1.29 is 19.3 Å². The molecule has 6 heteroatoms. The van der Waals surface area contributed by atoms with Crippen LogP contribution in [0.5, 0.6) is 11.5 Å². The van der Waals surface area contributed by atoms with E-state index in [4.69, 9.17) is 14.2 Å². The fourth-order valence-corrected chi connectivity index (χ4v) is 2.79. The molecule has 0 saturated carbocycles. The van der Waals surface area contributed by atoms with Gasteiger partial charge >= 0.3 is 0 Å². The summed E-state index contributed by atoms with van der Waals surface area (Å²) in [4.78, 5) is 2.38. The van der Waals surface area contributed by atoms with Gasteiger partial charge in [-0.15, -0.1) is 0 Å². The predicted octanol–water partition coefficient (Wildman–Crippen LogP) is 0.759. The van der Waals surface area contributed by atoms with Gasteiger partial charge in [0, 0.05) is 32.2 Å². The molecule has 0 aliphatic carbocycles. The van der Waals surface area contributed by atoms with Crippen molar-refractivity contribution in [2.24, 2.45) is 0 Å². The molecule has 122 valence electrons. The number of aliphatic hydroxyl groups is 1. The molecule has 0 radical (unpaired) electrons. The van der Waals surface area contributed by atoms with Crippen molar-refractivity contribution in [3.05, 3.63) is 23.8 Å². The SMILES string of the molecule is C[C@H](CN1CCOCC1)NC[C@@H](O)c1ccc2c(c1)OCO2. The molecule has 0 amide bonds. The second-order valence-corrected chi connectivity index (χ2v) is 5.85. The molecule has 22 heavy (non-hydrogen) atoms. The normalized spacial score (nSPS) is 20.8. The van der Waals surface area contributed by atoms with Gasteiger partial charge in [0.15, 0.2) is 11.5 Å². The molecule has 1 saturated heterocycles. The van der Waals surface area contributed by atoms with Crippen LogP contribution in [0.4, 0.5) is 0 Å². The first-order valence-corrected chi connectivity index (χ1v) is 7.83. The quantitative estimate of drug-likeness (QED) is 0.809. The highest BCUT2D eigenvalue weighted by Crippen LogP contribution is 2.34. The Labute approximate surface area is 131 Å². The first-order chi connectivity index (χ1) is 10.7. The minimum Gasteiger partial charge on any atom is -0.454 e. The Hall–Kier alpha value is -1.34. The van der Waals surface area contributed by atoms with E-state index in [-0.39, 0.29) is 6.79 Å². The Bertz CT molecular complexity index is 491. The zero-order valence-electron chi connectivity index (χ0n) is 13.0. The molecular weight excluding hydrogens is 284 g/mol. The summed E-state index contributed by atoms with van der Waals surface area (Å²) in [5.74, 6) is 1.45. The summed E-state index contributed by atoms with van der Waals surface area (Å²) in [5, 5.41) is 13.7. The first-order valence-electron chi connectivity index (χ1n) is 7.83. The van der Waals surface area contributed by atoms with Gasteiger partial charge in [-0.25, -0.2) is 0 Å². The minimum absolute atomic E-state index is 0.254. The molecule has 1 aromatic carbocycles. The van der Waals surface area contributed by atoms with Crippen LogP contribution < -0.4 is 14.8 Å². The average Bonchev–Trinajstić information content (AvgIpc) is 3.01. The van der Waals surface area contributed by atoms with Crippen LogP contribution in [0, 0.1) is 0 Å². The zero-order valence-corrected chi connectivity index (χ0v) is 13.0. The molecule has 2 aliphatic rings. The molecule has 2 atom stereocenters. The van der Waals surface area contributed by atoms with Crippen LogP contribution in [0.2, 0.25) is 0 Å². The Kier molecular flexibility index (Phi) is 5.15. The summed E-state index contributed by atoms with van der Waals surface area (Å²) in [5.41, 5.74) is 0.843. The molecule has 2 N–H and O–H groups in total. The van der Waals surface area contributed by atoms with Crippen LogP contribution in [0.3, 0.4) is 0 Å². The molecule has 1 fully saturated rings. The van der Waals surface area contributed by atoms with Crippen molar-refractivity contribution in [1.29, 1.82) is 0 Å². The van der Waals surface area contributed by atoms with E-state index in [1.54, 1.807) is 0 Å². The smallest absolute Gasteiger partial charge is 0.231 e. The van der Waals surface area contributed by atoms with E-state index in [0.29, 0.717) is 18.3 Å². The van der Waals surface area contributed by atoms with Crippen LogP contribution in [0.15, 0.2) is 18.2 Å². The lowest BCUT2D eigenvalue weighted by Gasteiger charge is -2.29. The molecule has 0 aromatic heterocycles. The van der Waals surface area contributed by atoms with Gasteiger partial charge in [-0.1, -0.05) is 6.07 Å². The number of hydrogen-bond acceptors (Lipinski definition) is 6. The van der Waals surface area contributed by atoms with Crippen LogP contribution in [0.1, 0.15) is 18.6 Å². The van der Waals surface area contributed by atoms with E-state index in [0.717, 1.165) is 44.2 Å². The Balaban J connectivity index is 1.46. The van der Waals surface area contributed by atoms with E-state index in [1.165, 1.54) is 0 Å². The standard InChI is InChI=1S/C16H24N2O4/c1-12(10-18-4-6-20-7-5-18)17-9-14(19)13-2-3-15-16(8-13)22-11-21-15/h2-3,8,12,14,17,19H,4-7,9-11H2,1H3/t12-,14-/m1/s1. The lowest BCUT2D eigenvalue weighted by molar-refractivity contribution is 0.0336. The number of benzene rings is 1. The largest absolute Gasteiger partial charge is 0.454 e. The van der Waals surface area contributed by atoms with Crippen molar-refractivity contribution in [3.63, 3.8) is 0 Å². The summed E-state index contributed by atoms with van der Waals surface area (Å²) in [6, 6.07) is 5.90. The molecule has 2 heterocycles. The van der Waals surface area contributed by atoms with Gasteiger partial charge < -0.3 is 24.6 Å². The number of hydrogen-bond donors (Lipinski definition) is 2. The van der Waals surface area contributed by atoms with Gasteiger partial charge in [-0.2, -0.15) is 0 Å². The Morgan fingerprint density at radius 1 is 1.23 bits per heavy atom. The fourth-order valence-electron chi connectivity index (χ4n) is 2.79. The third-order valence-corrected chi connectivity index (χ3v) is 4.08. The summed E-state index contributed by atoms with van der Waals surface area (Å²) in [7, 11) is 0. The van der Waals surface area contributed by atoms with Crippen LogP contribution in [-0.4, -0.2) is 62.2 Å². The first kappa shape index (κ1) is 15.6. The second-order valence-electron chi connectivity index (χ2n) is 5.85. The number of rotatable bonds is 6. The minimum atomic E-state index is -0.554. The predicted molar refractivity (Wildman–Crippen MR) is 82.2 cm³/mol. The Morgan fingerprint density at radius 2 is 2.00 bits per heavy atom. The van der Waals surface area contributed by atoms with E-state index < -0.39 is 6.10 Å². The van der Waals surface area contributed by atoms with E-state index in [9.17, 15) is 5.11 Å². The van der Waals surface area contributed by atoms with Crippen molar-refractivity contribution in [1.82, 2.24) is 10.2 Å². The third kappa shape index (κ3) is 3.89. The maximum absolute atomic E-state index is 10.3. The van der Waals surface area contributed by atoms with Gasteiger partial charge in [0.25, 0.3) is 0 Å². The topological polar surface area (TPSA) is 63.2 Å². The van der Waals surface area contributed by atoms with Gasteiger partial charge in [0.2, 0.25) is 6.79 Å². The molecule has 6 nitrogen and oxygen atoms in total. The number of morpholine rings is 1. The van der Waals surface area contributed by atoms with Crippen molar-refractivity contribution in [2.75, 3.05) is 46.2 Å². The Morgan fingerprint density at radius 3 is 2.82 bits per heavy atom. The van der Waals surface area contributed by atoms with Crippen LogP contribution >= 0.6 is 0 Å². The molecule has 2 aliphatic heterocycles. The number of aliphatic hydroxyl groups excluding tert-OH is 1. The van der Waals surface area contributed by atoms with Gasteiger partial charge in [0.1, 0.15) is 0 Å². The summed E-state index contributed by atoms with van der Waals surface area (Å²) >= 11 is 0. The summed E-state index contributed by atoms with van der Waals surface area (Å²) < 4.78 is 16.0. The maximum atomic E-state index is 10.3. The van der Waals surface area contributed by atoms with E-state index >= 15 is 0 Å². The van der Waals surface area contributed by atoms with Crippen LogP contribution in [0.25, 0.3) is 0 Å². The second kappa shape index (κ2) is 7.28. The molecule has 1 aromatic rings. The zero-order chi connectivity index (χ0) is 15.4. The highest BCUT2D eigenvalue weighted by molar-refractivity contribution is 5.45. The fraction of sp³-hybridized carbons (Fsp3) is 0.625. The number of nitrogens with one attached hydrogen (secondary N) is 1. The number of ether oxygens (including phenoxy) is 3. The van der Waals surface area contributed by atoms with Crippen LogP contribution in [-0.2, 0) is 4.74 Å². The van der Waals surface area contributed by atoms with E-state index in [1.807, 2.05) is 18.2 Å². The van der Waals surface area contributed by atoms with Gasteiger partial charge in [0.05, 0.1) is 19.3 Å². The molecule has 0 unspecified atom stereocenters. The lowest BCUT2D eigenvalue weighted by atomic mass is 10.1. The highest BCUT2D eigenvalue weighted by atomic mass is 16.7. The summed E-state index contributed by atoms with van der Waals surface area (Å²) in [6.07, 6.45) is -0.554. The van der Waals surface area contributed by atoms with Gasteiger partial charge in [-0.05, 0) is 24.6 Å². The average molecular weight is 308 g/mol. The van der Waals surface area contributed by atoms with E-state index in [2.05, 4.69) is 17.1 Å². The number of fused-ring (bicyclic) bond motifs is 1. The van der Waals surface area contributed by atoms with Gasteiger partial charge in [-0.3, -0.25) is 4.90 Å². The summed E-state index contributed by atoms with van der Waals surface area (Å²) in [6.45, 7) is 7.47. The lowest BCUT2D eigenvalue weighted by Crippen LogP contribution is -2.45. The molecule has 0 spiro atoms. The van der Waals surface area contributed by atoms with Crippen molar-refractivity contribution >= 4 is 0 Å². The monoisotopic (exact) mass is 308 g/mol. The number of nitrogens with zero attached hydrogens (tertiary/aromatic N) is 1. The molecular formula is C16H24N2O4. The van der Waals surface area contributed by atoms with Crippen molar-refractivity contribution in [2.45, 2.75) is 19.1 Å². The molecule has 3 rings (SSSR count).